The maximum Gasteiger partial charge on any atom is 0.201 e. The fraction of sp³-hybridized carbons (Fsp3) is 0.417. The van der Waals surface area contributed by atoms with Gasteiger partial charge < -0.3 is 15.0 Å². The van der Waals surface area contributed by atoms with Crippen LogP contribution in [0.5, 0.6) is 0 Å². The van der Waals surface area contributed by atoms with Crippen LogP contribution < -0.4 is 5.73 Å². The first-order chi connectivity index (χ1) is 8.20. The molecule has 5 heteroatoms. The van der Waals surface area contributed by atoms with E-state index in [2.05, 4.69) is 4.98 Å². The van der Waals surface area contributed by atoms with E-state index < -0.39 is 0 Å². The lowest BCUT2D eigenvalue weighted by Gasteiger charge is -2.35. The molecule has 2 N–H and O–H groups in total. The number of imidazole rings is 1. The predicted octanol–water partition coefficient (Wildman–Crippen LogP) is 2.62. The van der Waals surface area contributed by atoms with Crippen molar-refractivity contribution in [3.8, 4) is 0 Å². The van der Waals surface area contributed by atoms with E-state index in [1.54, 1.807) is 7.11 Å². The van der Waals surface area contributed by atoms with Gasteiger partial charge in [0.25, 0.3) is 0 Å². The summed E-state index contributed by atoms with van der Waals surface area (Å²) in [6, 6.07) is 6.04. The maximum atomic E-state index is 6.22. The Hall–Kier alpha value is -1.26. The number of ether oxygens (including phenoxy) is 1. The molecule has 0 amide bonds. The molecule has 3 rings (SSSR count). The largest absolute Gasteiger partial charge is 0.381 e. The Labute approximate surface area is 104 Å². The Balaban J connectivity index is 2.07. The second kappa shape index (κ2) is 3.89. The number of aromatic nitrogens is 2. The van der Waals surface area contributed by atoms with Crippen molar-refractivity contribution in [1.82, 2.24) is 9.55 Å². The van der Waals surface area contributed by atoms with E-state index in [1.165, 1.54) is 0 Å². The van der Waals surface area contributed by atoms with Gasteiger partial charge in [-0.3, -0.25) is 0 Å². The molecule has 0 aliphatic heterocycles. The van der Waals surface area contributed by atoms with E-state index in [0.717, 1.165) is 23.9 Å². The molecular formula is C12H14ClN3O. The number of nitrogens with zero attached hydrogens (tertiary/aromatic N) is 2. The number of rotatable bonds is 2. The van der Waals surface area contributed by atoms with Gasteiger partial charge in [0, 0.05) is 13.2 Å². The Morgan fingerprint density at radius 1 is 1.47 bits per heavy atom. The molecular weight excluding hydrogens is 238 g/mol. The second-order valence-corrected chi connectivity index (χ2v) is 4.84. The van der Waals surface area contributed by atoms with Crippen LogP contribution in [0.25, 0.3) is 11.0 Å². The third kappa shape index (κ3) is 1.59. The van der Waals surface area contributed by atoms with Crippen LogP contribution >= 0.6 is 11.6 Å². The monoisotopic (exact) mass is 251 g/mol. The molecule has 1 heterocycles. The van der Waals surface area contributed by atoms with Gasteiger partial charge in [-0.2, -0.15) is 0 Å². The molecule has 2 aromatic rings. The summed E-state index contributed by atoms with van der Waals surface area (Å²) >= 11 is 6.22. The lowest BCUT2D eigenvalue weighted by Crippen LogP contribution is -2.33. The van der Waals surface area contributed by atoms with Crippen molar-refractivity contribution in [3.05, 3.63) is 23.2 Å². The number of anilines is 1. The van der Waals surface area contributed by atoms with E-state index in [4.69, 9.17) is 22.1 Å². The van der Waals surface area contributed by atoms with Crippen LogP contribution in [-0.4, -0.2) is 22.8 Å². The topological polar surface area (TPSA) is 53.1 Å². The molecule has 1 aromatic heterocycles. The Bertz CT molecular complexity index is 560. The molecule has 0 saturated heterocycles. The van der Waals surface area contributed by atoms with Crippen LogP contribution in [0.1, 0.15) is 18.9 Å². The number of halogens is 1. The van der Waals surface area contributed by atoms with Crippen molar-refractivity contribution in [2.24, 2.45) is 0 Å². The predicted molar refractivity (Wildman–Crippen MR) is 68.2 cm³/mol. The van der Waals surface area contributed by atoms with E-state index in [-0.39, 0.29) is 0 Å². The zero-order chi connectivity index (χ0) is 12.0. The molecule has 4 nitrogen and oxygen atoms in total. The fourth-order valence-corrected chi connectivity index (χ4v) is 2.70. The zero-order valence-corrected chi connectivity index (χ0v) is 10.3. The highest BCUT2D eigenvalue weighted by atomic mass is 35.5. The molecule has 1 fully saturated rings. The van der Waals surface area contributed by atoms with Crippen molar-refractivity contribution in [2.75, 3.05) is 12.8 Å². The lowest BCUT2D eigenvalue weighted by molar-refractivity contribution is 0.00798. The first kappa shape index (κ1) is 10.9. The van der Waals surface area contributed by atoms with Gasteiger partial charge in [-0.05, 0) is 25.0 Å². The third-order valence-electron chi connectivity index (χ3n) is 3.46. The minimum absolute atomic E-state index is 0.333. The zero-order valence-electron chi connectivity index (χ0n) is 9.56. The molecule has 0 atom stereocenters. The van der Waals surface area contributed by atoms with Crippen LogP contribution in [0.4, 0.5) is 5.95 Å². The highest BCUT2D eigenvalue weighted by molar-refractivity contribution is 6.35. The molecule has 1 saturated carbocycles. The quantitative estimate of drug-likeness (QED) is 0.893. The minimum Gasteiger partial charge on any atom is -0.381 e. The number of para-hydroxylation sites is 1. The molecule has 0 unspecified atom stereocenters. The summed E-state index contributed by atoms with van der Waals surface area (Å²) in [5.41, 5.74) is 7.77. The normalized spacial score (nSPS) is 23.9. The summed E-state index contributed by atoms with van der Waals surface area (Å²) < 4.78 is 7.32. The molecule has 1 aliphatic rings. The summed E-state index contributed by atoms with van der Waals surface area (Å²) in [6.07, 6.45) is 2.27. The van der Waals surface area contributed by atoms with Crippen molar-refractivity contribution >= 4 is 28.6 Å². The van der Waals surface area contributed by atoms with Gasteiger partial charge in [-0.25, -0.2) is 4.98 Å². The van der Waals surface area contributed by atoms with Crippen LogP contribution in [0.2, 0.25) is 5.02 Å². The van der Waals surface area contributed by atoms with Gasteiger partial charge in [0.15, 0.2) is 0 Å². The minimum atomic E-state index is 0.333. The van der Waals surface area contributed by atoms with Gasteiger partial charge in [-0.1, -0.05) is 17.7 Å². The maximum absolute atomic E-state index is 6.22. The molecule has 1 aliphatic carbocycles. The standard InChI is InChI=1S/C12H14ClN3O/c1-17-8-5-7(6-8)16-11-9(13)3-2-4-10(11)15-12(16)14/h2-4,7-8H,5-6H2,1H3,(H2,14,15). The average molecular weight is 252 g/mol. The number of hydrogen-bond donors (Lipinski definition) is 1. The van der Waals surface area contributed by atoms with E-state index in [9.17, 15) is 0 Å². The fourth-order valence-electron chi connectivity index (χ4n) is 2.44. The van der Waals surface area contributed by atoms with Gasteiger partial charge in [-0.15, -0.1) is 0 Å². The van der Waals surface area contributed by atoms with Crippen molar-refractivity contribution in [1.29, 1.82) is 0 Å². The summed E-state index contributed by atoms with van der Waals surface area (Å²) in [5, 5.41) is 0.701. The van der Waals surface area contributed by atoms with Gasteiger partial charge in [0.05, 0.1) is 22.2 Å². The Morgan fingerprint density at radius 3 is 2.94 bits per heavy atom. The van der Waals surface area contributed by atoms with Gasteiger partial charge in [0.1, 0.15) is 0 Å². The number of nitrogen functional groups attached to an aromatic ring is 1. The second-order valence-electron chi connectivity index (χ2n) is 4.43. The summed E-state index contributed by atoms with van der Waals surface area (Å²) in [5.74, 6) is 0.535. The SMILES string of the molecule is COC1CC(n2c(N)nc3cccc(Cl)c32)C1. The highest BCUT2D eigenvalue weighted by Crippen LogP contribution is 2.39. The third-order valence-corrected chi connectivity index (χ3v) is 3.76. The number of benzene rings is 1. The molecule has 17 heavy (non-hydrogen) atoms. The van der Waals surface area contributed by atoms with Crippen molar-refractivity contribution in [2.45, 2.75) is 25.0 Å². The van der Waals surface area contributed by atoms with Gasteiger partial charge in [0.2, 0.25) is 5.95 Å². The van der Waals surface area contributed by atoms with Crippen LogP contribution in [0, 0.1) is 0 Å². The molecule has 0 spiro atoms. The van der Waals surface area contributed by atoms with E-state index in [1.807, 2.05) is 22.8 Å². The first-order valence-electron chi connectivity index (χ1n) is 5.65. The smallest absolute Gasteiger partial charge is 0.201 e. The van der Waals surface area contributed by atoms with Crippen molar-refractivity contribution < 1.29 is 4.74 Å². The van der Waals surface area contributed by atoms with Gasteiger partial charge >= 0.3 is 0 Å². The number of methoxy groups -OCH3 is 1. The van der Waals surface area contributed by atoms with Crippen LogP contribution in [-0.2, 0) is 4.74 Å². The number of nitrogens with two attached hydrogens (primary N) is 1. The van der Waals surface area contributed by atoms with E-state index >= 15 is 0 Å². The first-order valence-corrected chi connectivity index (χ1v) is 6.03. The van der Waals surface area contributed by atoms with Crippen LogP contribution in [0.15, 0.2) is 18.2 Å². The molecule has 90 valence electrons. The highest BCUT2D eigenvalue weighted by Gasteiger charge is 2.33. The molecule has 0 radical (unpaired) electrons. The Morgan fingerprint density at radius 2 is 2.24 bits per heavy atom. The molecule has 1 aromatic carbocycles. The summed E-state index contributed by atoms with van der Waals surface area (Å²) in [4.78, 5) is 4.34. The van der Waals surface area contributed by atoms with Crippen molar-refractivity contribution in [3.63, 3.8) is 0 Å². The lowest BCUT2D eigenvalue weighted by atomic mass is 9.89. The number of fused-ring (bicyclic) bond motifs is 1. The van der Waals surface area contributed by atoms with Crippen LogP contribution in [0.3, 0.4) is 0 Å². The molecule has 0 bridgehead atoms. The van der Waals surface area contributed by atoms with E-state index in [0.29, 0.717) is 23.1 Å². The average Bonchev–Trinajstić information content (AvgIpc) is 2.56. The number of hydrogen-bond acceptors (Lipinski definition) is 3. The summed E-state index contributed by atoms with van der Waals surface area (Å²) in [7, 11) is 1.74. The Kier molecular flexibility index (Phi) is 2.49. The summed E-state index contributed by atoms with van der Waals surface area (Å²) in [6.45, 7) is 0.